The van der Waals surface area contributed by atoms with Crippen molar-refractivity contribution in [3.63, 3.8) is 0 Å². The number of allylic oxidation sites excluding steroid dienone is 1. The summed E-state index contributed by atoms with van der Waals surface area (Å²) in [6, 6.07) is 0.671. The standard InChI is InChI=1S/C9H15NO/c1-7-8(5-6-11)3-4-9(7)10-2/h3-4,6-10H,5H2,1-2H3/i3T,6T. The molecular weight excluding hydrogens is 138 g/mol. The van der Waals surface area contributed by atoms with E-state index in [1.54, 1.807) is 0 Å². The first-order chi connectivity index (χ1) is 6.06. The molecule has 0 aromatic rings. The number of likely N-dealkylation sites (N-methyl/N-ethyl adjacent to an activating group) is 1. The van der Waals surface area contributed by atoms with Gasteiger partial charge in [-0.15, -0.1) is 0 Å². The highest BCUT2D eigenvalue weighted by Gasteiger charge is 2.25. The van der Waals surface area contributed by atoms with Gasteiger partial charge in [-0.3, -0.25) is 0 Å². The highest BCUT2D eigenvalue weighted by molar-refractivity contribution is 5.50. The Bertz CT molecular complexity index is 240. The van der Waals surface area contributed by atoms with E-state index >= 15 is 0 Å². The van der Waals surface area contributed by atoms with Crippen LogP contribution in [0.15, 0.2) is 12.1 Å². The third-order valence-corrected chi connectivity index (χ3v) is 2.33. The summed E-state index contributed by atoms with van der Waals surface area (Å²) >= 11 is 0. The van der Waals surface area contributed by atoms with E-state index in [0.717, 1.165) is 0 Å². The Morgan fingerprint density at radius 3 is 3.09 bits per heavy atom. The van der Waals surface area contributed by atoms with Crippen LogP contribution in [0.5, 0.6) is 0 Å². The van der Waals surface area contributed by atoms with Crippen LogP contribution in [0.25, 0.3) is 0 Å². The van der Waals surface area contributed by atoms with Crippen LogP contribution < -0.4 is 5.32 Å². The summed E-state index contributed by atoms with van der Waals surface area (Å²) in [5.74, 6) is 0.175. The number of hydrogen-bond acceptors (Lipinski definition) is 2. The highest BCUT2D eigenvalue weighted by atomic mass is 16.1. The minimum absolute atomic E-state index is 0.0672. The van der Waals surface area contributed by atoms with Crippen LogP contribution in [0.3, 0.4) is 0 Å². The topological polar surface area (TPSA) is 29.1 Å². The first-order valence-corrected chi connectivity index (χ1v) is 3.91. The second kappa shape index (κ2) is 3.67. The molecule has 1 N–H and O–H groups in total. The lowest BCUT2D eigenvalue weighted by Gasteiger charge is -2.18. The van der Waals surface area contributed by atoms with Gasteiger partial charge in [-0.05, 0) is 18.9 Å². The molecule has 0 aromatic carbocycles. The second-order valence-electron chi connectivity index (χ2n) is 2.96. The Morgan fingerprint density at radius 1 is 1.91 bits per heavy atom. The van der Waals surface area contributed by atoms with Crippen molar-refractivity contribution in [2.24, 2.45) is 11.8 Å². The van der Waals surface area contributed by atoms with Crippen LogP contribution in [0, 0.1) is 11.8 Å². The van der Waals surface area contributed by atoms with Crippen molar-refractivity contribution in [2.45, 2.75) is 19.4 Å². The van der Waals surface area contributed by atoms with Gasteiger partial charge in [0.15, 0.2) is 0 Å². The molecular formula is C9H15NO. The van der Waals surface area contributed by atoms with Crippen LogP contribution in [0.2, 0.25) is 0 Å². The Labute approximate surface area is 70.5 Å². The van der Waals surface area contributed by atoms with Gasteiger partial charge < -0.3 is 10.1 Å². The molecule has 0 spiro atoms. The number of nitrogens with one attached hydrogen (secondary N) is 1. The molecule has 0 heterocycles. The van der Waals surface area contributed by atoms with Crippen molar-refractivity contribution in [3.05, 3.63) is 12.1 Å². The van der Waals surface area contributed by atoms with E-state index in [1.165, 1.54) is 0 Å². The van der Waals surface area contributed by atoms with Gasteiger partial charge in [0.05, 0.1) is 1.37 Å². The van der Waals surface area contributed by atoms with E-state index in [2.05, 4.69) is 5.32 Å². The molecule has 0 saturated carbocycles. The zero-order chi connectivity index (χ0) is 10.0. The van der Waals surface area contributed by atoms with E-state index in [0.29, 0.717) is 6.05 Å². The van der Waals surface area contributed by atoms with Crippen molar-refractivity contribution in [3.8, 4) is 0 Å². The van der Waals surface area contributed by atoms with Gasteiger partial charge in [0, 0.05) is 12.5 Å². The number of hydrogen-bond donors (Lipinski definition) is 1. The molecule has 62 valence electrons. The summed E-state index contributed by atoms with van der Waals surface area (Å²) < 4.78 is 14.5. The number of carbonyl (C=O) groups is 1. The molecule has 0 saturated heterocycles. The van der Waals surface area contributed by atoms with Gasteiger partial charge in [0.1, 0.15) is 7.63 Å². The third kappa shape index (κ3) is 1.69. The molecule has 3 unspecified atom stereocenters. The average molecular weight is 157 g/mol. The van der Waals surface area contributed by atoms with Crippen molar-refractivity contribution >= 4 is 6.26 Å². The largest absolute Gasteiger partial charge is 0.313 e. The quantitative estimate of drug-likeness (QED) is 0.489. The maximum absolute atomic E-state index is 10.6. The summed E-state index contributed by atoms with van der Waals surface area (Å²) in [6.07, 6.45) is 1.43. The van der Waals surface area contributed by atoms with Crippen LogP contribution >= 0.6 is 0 Å². The van der Waals surface area contributed by atoms with E-state index in [4.69, 9.17) is 2.74 Å². The first kappa shape index (κ1) is 5.95. The third-order valence-electron chi connectivity index (χ3n) is 2.33. The van der Waals surface area contributed by atoms with E-state index in [1.807, 2.05) is 20.0 Å². The fourth-order valence-electron chi connectivity index (χ4n) is 1.46. The Kier molecular flexibility index (Phi) is 1.99. The fourth-order valence-corrected chi connectivity index (χ4v) is 1.46. The monoisotopic (exact) mass is 157 g/mol. The smallest absolute Gasteiger partial charge is 0.120 e. The van der Waals surface area contributed by atoms with Gasteiger partial charge in [0.25, 0.3) is 0 Å². The molecule has 0 aromatic heterocycles. The van der Waals surface area contributed by atoms with Crippen LogP contribution in [0.1, 0.15) is 16.1 Å². The first-order valence-electron chi connectivity index (χ1n) is 4.91. The van der Waals surface area contributed by atoms with E-state index in [-0.39, 0.29) is 24.3 Å². The van der Waals surface area contributed by atoms with Gasteiger partial charge in [-0.2, -0.15) is 0 Å². The van der Waals surface area contributed by atoms with Gasteiger partial charge >= 0.3 is 0 Å². The molecule has 1 aliphatic rings. The summed E-state index contributed by atoms with van der Waals surface area (Å²) in [4.78, 5) is 10.6. The van der Waals surface area contributed by atoms with E-state index < -0.39 is 6.26 Å². The Balaban J connectivity index is 2.67. The molecule has 3 atom stereocenters. The molecule has 2 heteroatoms. The summed E-state index contributed by atoms with van der Waals surface area (Å²) in [5, 5.41) is 3.08. The molecule has 0 fully saturated rings. The van der Waals surface area contributed by atoms with Crippen molar-refractivity contribution in [1.82, 2.24) is 5.32 Å². The van der Waals surface area contributed by atoms with E-state index in [9.17, 15) is 4.79 Å². The molecule has 2 nitrogen and oxygen atoms in total. The predicted molar refractivity (Wildman–Crippen MR) is 45.3 cm³/mol. The summed E-state index contributed by atoms with van der Waals surface area (Å²) in [5.41, 5.74) is 0. The maximum atomic E-state index is 10.6. The SMILES string of the molecule is [3H]C(=O)CC1C([3H])=CC(NC)C1C. The molecule has 0 aliphatic heterocycles. The average Bonchev–Trinajstić information content (AvgIpc) is 2.31. The van der Waals surface area contributed by atoms with Gasteiger partial charge in [0.2, 0.25) is 0 Å². The number of rotatable bonds is 3. The summed E-state index contributed by atoms with van der Waals surface area (Å²) in [7, 11) is 1.84. The Morgan fingerprint density at radius 2 is 2.64 bits per heavy atom. The molecule has 1 rings (SSSR count). The normalized spacial score (nSPS) is 39.5. The number of aldehydes is 1. The van der Waals surface area contributed by atoms with Crippen molar-refractivity contribution in [2.75, 3.05) is 7.05 Å². The van der Waals surface area contributed by atoms with Gasteiger partial charge in [-0.25, -0.2) is 0 Å². The second-order valence-corrected chi connectivity index (χ2v) is 2.96. The van der Waals surface area contributed by atoms with Crippen LogP contribution in [-0.2, 0) is 4.79 Å². The predicted octanol–water partition coefficient (Wildman–Crippen LogP) is 0.986. The van der Waals surface area contributed by atoms with Crippen LogP contribution in [-0.4, -0.2) is 19.4 Å². The zero-order valence-corrected chi connectivity index (χ0v) is 6.92. The zero-order valence-electron chi connectivity index (χ0n) is 8.92. The van der Waals surface area contributed by atoms with Crippen molar-refractivity contribution < 1.29 is 7.54 Å². The fraction of sp³-hybridized carbons (Fsp3) is 0.667. The molecule has 0 bridgehead atoms. The highest BCUT2D eigenvalue weighted by Crippen LogP contribution is 2.26. The minimum Gasteiger partial charge on any atom is -0.313 e. The van der Waals surface area contributed by atoms with Gasteiger partial charge in [-0.1, -0.05) is 19.1 Å². The molecule has 11 heavy (non-hydrogen) atoms. The van der Waals surface area contributed by atoms with Crippen molar-refractivity contribution in [1.29, 1.82) is 0 Å². The van der Waals surface area contributed by atoms with Crippen LogP contribution in [0.4, 0.5) is 0 Å². The number of carbonyl (C=O) groups excluding carboxylic acids is 1. The maximum Gasteiger partial charge on any atom is 0.120 e. The lowest BCUT2D eigenvalue weighted by Crippen LogP contribution is -2.29. The lowest BCUT2D eigenvalue weighted by molar-refractivity contribution is -0.108. The Hall–Kier alpha value is -0.630. The molecule has 1 aliphatic carbocycles. The summed E-state index contributed by atoms with van der Waals surface area (Å²) in [6.45, 7) is 2.01. The molecule has 0 amide bonds. The lowest BCUT2D eigenvalue weighted by atomic mass is 9.92. The minimum atomic E-state index is -0.577. The molecule has 0 radical (unpaired) electrons.